The van der Waals surface area contributed by atoms with E-state index in [1.807, 2.05) is 12.3 Å². The Morgan fingerprint density at radius 3 is 3.00 bits per heavy atom. The van der Waals surface area contributed by atoms with Gasteiger partial charge >= 0.3 is 5.97 Å². The van der Waals surface area contributed by atoms with Gasteiger partial charge in [-0.15, -0.1) is 0 Å². The molecule has 0 saturated carbocycles. The summed E-state index contributed by atoms with van der Waals surface area (Å²) in [6.07, 6.45) is 2.27. The average Bonchev–Trinajstić information content (AvgIpc) is 2.84. The quantitative estimate of drug-likeness (QED) is 0.886. The molecule has 0 aromatic carbocycles. The van der Waals surface area contributed by atoms with Crippen molar-refractivity contribution < 1.29 is 9.90 Å². The lowest BCUT2D eigenvalue weighted by Crippen LogP contribution is -2.19. The molecule has 0 bridgehead atoms. The van der Waals surface area contributed by atoms with Crippen molar-refractivity contribution >= 4 is 34.7 Å². The summed E-state index contributed by atoms with van der Waals surface area (Å²) < 4.78 is 0. The van der Waals surface area contributed by atoms with Crippen LogP contribution >= 0.6 is 22.9 Å². The monoisotopic (exact) mass is 296 g/mol. The second-order valence-electron chi connectivity index (χ2n) is 4.21. The summed E-state index contributed by atoms with van der Waals surface area (Å²) >= 11 is 7.68. The van der Waals surface area contributed by atoms with E-state index in [4.69, 9.17) is 16.7 Å². The summed E-state index contributed by atoms with van der Waals surface area (Å²) in [6, 6.07) is 3.56. The van der Waals surface area contributed by atoms with Crippen molar-refractivity contribution in [2.45, 2.75) is 19.4 Å². The Hall–Kier alpha value is -1.59. The highest BCUT2D eigenvalue weighted by Crippen LogP contribution is 2.24. The Balaban J connectivity index is 2.10. The fraction of sp³-hybridized carbons (Fsp3) is 0.231. The van der Waals surface area contributed by atoms with Gasteiger partial charge in [0.25, 0.3) is 0 Å². The third-order valence-corrected chi connectivity index (χ3v) is 3.74. The number of rotatable bonds is 5. The minimum absolute atomic E-state index is 0.0573. The second kappa shape index (κ2) is 6.04. The molecular weight excluding hydrogens is 284 g/mol. The molecular formula is C13H13ClN2O2S. The smallest absolute Gasteiger partial charge is 0.337 e. The molecule has 2 N–H and O–H groups in total. The van der Waals surface area contributed by atoms with Gasteiger partial charge in [-0.25, -0.2) is 9.78 Å². The highest BCUT2D eigenvalue weighted by atomic mass is 35.5. The molecule has 4 nitrogen and oxygen atoms in total. The highest BCUT2D eigenvalue weighted by molar-refractivity contribution is 7.07. The molecule has 2 rings (SSSR count). The summed E-state index contributed by atoms with van der Waals surface area (Å²) in [6.45, 7) is 2.00. The number of nitrogens with one attached hydrogen (secondary N) is 1. The predicted octanol–water partition coefficient (Wildman–Crippen LogP) is 3.54. The first-order valence-corrected chi connectivity index (χ1v) is 7.05. The van der Waals surface area contributed by atoms with E-state index >= 15 is 0 Å². The molecule has 2 aromatic heterocycles. The van der Waals surface area contributed by atoms with Crippen molar-refractivity contribution in [1.82, 2.24) is 4.98 Å². The zero-order valence-electron chi connectivity index (χ0n) is 10.3. The van der Waals surface area contributed by atoms with Crippen LogP contribution in [0.3, 0.4) is 0 Å². The molecule has 6 heteroatoms. The number of carbonyl (C=O) groups is 1. The Bertz CT molecular complexity index is 572. The average molecular weight is 297 g/mol. The highest BCUT2D eigenvalue weighted by Gasteiger charge is 2.14. The Morgan fingerprint density at radius 1 is 1.58 bits per heavy atom. The van der Waals surface area contributed by atoms with E-state index in [-0.39, 0.29) is 16.6 Å². The van der Waals surface area contributed by atoms with Crippen LogP contribution in [0.1, 0.15) is 22.8 Å². The number of pyridine rings is 1. The molecule has 0 aliphatic carbocycles. The zero-order valence-corrected chi connectivity index (χ0v) is 11.8. The third-order valence-electron chi connectivity index (χ3n) is 2.62. The van der Waals surface area contributed by atoms with E-state index in [1.165, 1.54) is 17.8 Å². The standard InChI is InChI=1S/C13H13ClN2O2S/c1-8(6-9-3-5-19-7-9)16-12-11(14)10(13(17)18)2-4-15-12/h2-5,7-8H,6H2,1H3,(H,15,16)(H,17,18). The van der Waals surface area contributed by atoms with Gasteiger partial charge in [0.2, 0.25) is 0 Å². The Labute approximate surface area is 120 Å². The fourth-order valence-corrected chi connectivity index (χ4v) is 2.69. The normalized spacial score (nSPS) is 12.1. The summed E-state index contributed by atoms with van der Waals surface area (Å²) in [4.78, 5) is 15.1. The maximum Gasteiger partial charge on any atom is 0.337 e. The molecule has 0 fully saturated rings. The van der Waals surface area contributed by atoms with Crippen molar-refractivity contribution in [2.75, 3.05) is 5.32 Å². The second-order valence-corrected chi connectivity index (χ2v) is 5.37. The molecule has 0 aliphatic rings. The molecule has 1 atom stereocenters. The summed E-state index contributed by atoms with van der Waals surface area (Å²) in [5, 5.41) is 16.4. The third kappa shape index (κ3) is 3.45. The number of hydrogen-bond donors (Lipinski definition) is 2. The lowest BCUT2D eigenvalue weighted by atomic mass is 10.1. The largest absolute Gasteiger partial charge is 0.478 e. The first kappa shape index (κ1) is 13.8. The van der Waals surface area contributed by atoms with Crippen molar-refractivity contribution in [3.8, 4) is 0 Å². The summed E-state index contributed by atoms with van der Waals surface area (Å²) in [5.74, 6) is -0.648. The lowest BCUT2D eigenvalue weighted by molar-refractivity contribution is 0.0697. The van der Waals surface area contributed by atoms with Gasteiger partial charge in [-0.1, -0.05) is 11.6 Å². The molecule has 1 unspecified atom stereocenters. The Morgan fingerprint density at radius 2 is 2.37 bits per heavy atom. The van der Waals surface area contributed by atoms with Gasteiger partial charge in [0, 0.05) is 12.2 Å². The topological polar surface area (TPSA) is 62.2 Å². The summed E-state index contributed by atoms with van der Waals surface area (Å²) in [5.41, 5.74) is 1.29. The number of halogens is 1. The van der Waals surface area contributed by atoms with Gasteiger partial charge in [-0.3, -0.25) is 0 Å². The minimum Gasteiger partial charge on any atom is -0.478 e. The molecule has 0 saturated heterocycles. The zero-order chi connectivity index (χ0) is 13.8. The van der Waals surface area contributed by atoms with E-state index in [0.717, 1.165) is 6.42 Å². The first-order chi connectivity index (χ1) is 9.08. The van der Waals surface area contributed by atoms with Crippen molar-refractivity contribution in [3.63, 3.8) is 0 Å². The number of carboxylic acids is 1. The van der Waals surface area contributed by atoms with Crippen LogP contribution in [0.4, 0.5) is 5.82 Å². The van der Waals surface area contributed by atoms with Gasteiger partial charge in [-0.2, -0.15) is 11.3 Å². The molecule has 2 heterocycles. The number of thiophene rings is 1. The van der Waals surface area contributed by atoms with Crippen LogP contribution in [0.2, 0.25) is 5.02 Å². The molecule has 0 amide bonds. The van der Waals surface area contributed by atoms with Crippen LogP contribution in [-0.2, 0) is 6.42 Å². The van der Waals surface area contributed by atoms with Crippen LogP contribution in [0.5, 0.6) is 0 Å². The van der Waals surface area contributed by atoms with Crippen molar-refractivity contribution in [3.05, 3.63) is 45.2 Å². The molecule has 0 radical (unpaired) electrons. The first-order valence-electron chi connectivity index (χ1n) is 5.73. The van der Waals surface area contributed by atoms with Gasteiger partial charge in [0.1, 0.15) is 5.82 Å². The van der Waals surface area contributed by atoms with E-state index in [9.17, 15) is 4.79 Å². The number of aromatic carboxylic acids is 1. The number of aromatic nitrogens is 1. The van der Waals surface area contributed by atoms with Crippen LogP contribution < -0.4 is 5.32 Å². The minimum atomic E-state index is -1.05. The van der Waals surface area contributed by atoms with Crippen LogP contribution in [0.15, 0.2) is 29.1 Å². The van der Waals surface area contributed by atoms with Crippen LogP contribution in [0, 0.1) is 0 Å². The van der Waals surface area contributed by atoms with Crippen molar-refractivity contribution in [2.24, 2.45) is 0 Å². The maximum absolute atomic E-state index is 11.0. The van der Waals surface area contributed by atoms with Gasteiger partial charge in [0.05, 0.1) is 10.6 Å². The van der Waals surface area contributed by atoms with E-state index < -0.39 is 5.97 Å². The molecule has 100 valence electrons. The Kier molecular flexibility index (Phi) is 4.39. The SMILES string of the molecule is CC(Cc1ccsc1)Nc1nccc(C(=O)O)c1Cl. The molecule has 0 aliphatic heterocycles. The molecule has 0 spiro atoms. The van der Waals surface area contributed by atoms with Gasteiger partial charge in [0.15, 0.2) is 0 Å². The predicted molar refractivity (Wildman–Crippen MR) is 77.3 cm³/mol. The van der Waals surface area contributed by atoms with Gasteiger partial charge < -0.3 is 10.4 Å². The van der Waals surface area contributed by atoms with Crippen LogP contribution in [0.25, 0.3) is 0 Å². The fourth-order valence-electron chi connectivity index (χ4n) is 1.76. The van der Waals surface area contributed by atoms with Gasteiger partial charge in [-0.05, 0) is 41.8 Å². The number of anilines is 1. The number of hydrogen-bond acceptors (Lipinski definition) is 4. The lowest BCUT2D eigenvalue weighted by Gasteiger charge is -2.15. The number of nitrogens with zero attached hydrogens (tertiary/aromatic N) is 1. The maximum atomic E-state index is 11.0. The van der Waals surface area contributed by atoms with E-state index in [2.05, 4.69) is 21.7 Å². The summed E-state index contributed by atoms with van der Waals surface area (Å²) in [7, 11) is 0. The molecule has 2 aromatic rings. The molecule has 19 heavy (non-hydrogen) atoms. The number of carboxylic acid groups (broad SMARTS) is 1. The van der Waals surface area contributed by atoms with Crippen molar-refractivity contribution in [1.29, 1.82) is 0 Å². The van der Waals surface area contributed by atoms with Crippen LogP contribution in [-0.4, -0.2) is 22.1 Å². The van der Waals surface area contributed by atoms with E-state index in [0.29, 0.717) is 5.82 Å². The van der Waals surface area contributed by atoms with E-state index in [1.54, 1.807) is 11.3 Å².